The molecule has 1 rings (SSSR count). The molecule has 0 saturated heterocycles. The van der Waals surface area contributed by atoms with Gasteiger partial charge in [0.15, 0.2) is 0 Å². The van der Waals surface area contributed by atoms with Gasteiger partial charge in [-0.3, -0.25) is 4.79 Å². The fourth-order valence-corrected chi connectivity index (χ4v) is 3.02. The van der Waals surface area contributed by atoms with Crippen LogP contribution in [0.5, 0.6) is 0 Å². The number of hydrogen-bond donors (Lipinski definition) is 0. The number of ether oxygens (including phenoxy) is 1. The average molecular weight is 266 g/mol. The molecule has 1 unspecified atom stereocenters. The summed E-state index contributed by atoms with van der Waals surface area (Å²) in [6, 6.07) is 0. The number of carbonyl (C=O) groups excluding carboxylic acids is 1. The first kappa shape index (κ1) is 15.3. The third-order valence-electron chi connectivity index (χ3n) is 4.05. The van der Waals surface area contributed by atoms with Crippen LogP contribution in [0.2, 0.25) is 0 Å². The molecule has 1 aliphatic carbocycles. The third kappa shape index (κ3) is 3.39. The summed E-state index contributed by atoms with van der Waals surface area (Å²) in [5, 5.41) is 0. The van der Waals surface area contributed by atoms with Gasteiger partial charge < -0.3 is 4.74 Å². The van der Waals surface area contributed by atoms with E-state index in [-0.39, 0.29) is 18.5 Å². The zero-order chi connectivity index (χ0) is 14.0. The van der Waals surface area contributed by atoms with Gasteiger partial charge in [0.25, 0.3) is 0 Å². The van der Waals surface area contributed by atoms with Gasteiger partial charge in [0.2, 0.25) is 0 Å². The number of hydrogen-bond acceptors (Lipinski definition) is 2. The zero-order valence-electron chi connectivity index (χ0n) is 11.1. The van der Waals surface area contributed by atoms with Crippen molar-refractivity contribution in [3.05, 3.63) is 0 Å². The van der Waals surface area contributed by atoms with E-state index in [4.69, 9.17) is 4.74 Å². The molecule has 1 fully saturated rings. The van der Waals surface area contributed by atoms with Gasteiger partial charge >= 0.3 is 12.1 Å². The highest BCUT2D eigenvalue weighted by Gasteiger charge is 2.50. The van der Waals surface area contributed by atoms with E-state index in [0.717, 1.165) is 0 Å². The van der Waals surface area contributed by atoms with Crippen LogP contribution in [0.3, 0.4) is 0 Å². The summed E-state index contributed by atoms with van der Waals surface area (Å²) in [6.07, 6.45) is -3.61. The molecule has 0 radical (unpaired) electrons. The first-order valence-corrected chi connectivity index (χ1v) is 6.48. The first-order valence-electron chi connectivity index (χ1n) is 6.48. The van der Waals surface area contributed by atoms with E-state index in [1.165, 1.54) is 0 Å². The number of carbonyl (C=O) groups is 1. The van der Waals surface area contributed by atoms with Crippen molar-refractivity contribution in [2.75, 3.05) is 6.61 Å². The summed E-state index contributed by atoms with van der Waals surface area (Å²) in [6.45, 7) is 5.64. The van der Waals surface area contributed by atoms with Gasteiger partial charge in [-0.1, -0.05) is 13.8 Å². The van der Waals surface area contributed by atoms with Crippen LogP contribution in [0, 0.1) is 17.3 Å². The average Bonchev–Trinajstić information content (AvgIpc) is 2.55. The highest BCUT2D eigenvalue weighted by atomic mass is 19.4. The van der Waals surface area contributed by atoms with Gasteiger partial charge in [0.05, 0.1) is 12.0 Å². The molecule has 0 heterocycles. The summed E-state index contributed by atoms with van der Waals surface area (Å²) >= 11 is 0. The second kappa shape index (κ2) is 5.49. The van der Waals surface area contributed by atoms with Crippen LogP contribution >= 0.6 is 0 Å². The standard InChI is InChI=1S/C13H21F3O2/c1-4-12(11(17)18-5-2)6-9(3)10(7-12)8-13(14,15)16/h9-10H,4-8H2,1-3H3/t9-,10-,12?/m0/s1. The molecule has 0 N–H and O–H groups in total. The molecule has 0 spiro atoms. The van der Waals surface area contributed by atoms with E-state index < -0.39 is 23.9 Å². The van der Waals surface area contributed by atoms with Crippen LogP contribution in [0.4, 0.5) is 13.2 Å². The molecular weight excluding hydrogens is 245 g/mol. The number of alkyl halides is 3. The summed E-state index contributed by atoms with van der Waals surface area (Å²) in [5.74, 6) is -0.880. The maximum Gasteiger partial charge on any atom is 0.389 e. The Bertz CT molecular complexity index is 301. The number of halogens is 3. The van der Waals surface area contributed by atoms with E-state index in [2.05, 4.69) is 0 Å². The number of esters is 1. The van der Waals surface area contributed by atoms with E-state index in [1.54, 1.807) is 13.8 Å². The van der Waals surface area contributed by atoms with Gasteiger partial charge in [-0.25, -0.2) is 0 Å². The molecule has 0 amide bonds. The second-order valence-corrected chi connectivity index (χ2v) is 5.32. The molecule has 2 nitrogen and oxygen atoms in total. The van der Waals surface area contributed by atoms with E-state index in [0.29, 0.717) is 19.3 Å². The fourth-order valence-electron chi connectivity index (χ4n) is 3.02. The smallest absolute Gasteiger partial charge is 0.389 e. The van der Waals surface area contributed by atoms with Crippen molar-refractivity contribution in [2.24, 2.45) is 17.3 Å². The van der Waals surface area contributed by atoms with Gasteiger partial charge in [-0.05, 0) is 38.0 Å². The molecule has 1 saturated carbocycles. The minimum atomic E-state index is -4.16. The Balaban J connectivity index is 2.78. The second-order valence-electron chi connectivity index (χ2n) is 5.32. The van der Waals surface area contributed by atoms with Crippen LogP contribution in [0.1, 0.15) is 46.5 Å². The Morgan fingerprint density at radius 2 is 1.94 bits per heavy atom. The Kier molecular flexibility index (Phi) is 4.67. The van der Waals surface area contributed by atoms with Gasteiger partial charge in [-0.2, -0.15) is 13.2 Å². The summed E-state index contributed by atoms with van der Waals surface area (Å²) in [5.41, 5.74) is -0.703. The molecule has 0 aromatic carbocycles. The maximum absolute atomic E-state index is 12.5. The lowest BCUT2D eigenvalue weighted by atomic mass is 9.82. The van der Waals surface area contributed by atoms with E-state index in [9.17, 15) is 18.0 Å². The highest BCUT2D eigenvalue weighted by molar-refractivity contribution is 5.77. The zero-order valence-corrected chi connectivity index (χ0v) is 11.1. The monoisotopic (exact) mass is 266 g/mol. The molecule has 18 heavy (non-hydrogen) atoms. The lowest BCUT2D eigenvalue weighted by Crippen LogP contribution is -2.30. The van der Waals surface area contributed by atoms with Crippen LogP contribution < -0.4 is 0 Å². The van der Waals surface area contributed by atoms with Crippen molar-refractivity contribution in [1.29, 1.82) is 0 Å². The van der Waals surface area contributed by atoms with Gasteiger partial charge in [0, 0.05) is 6.42 Å². The van der Waals surface area contributed by atoms with E-state index >= 15 is 0 Å². The van der Waals surface area contributed by atoms with Crippen molar-refractivity contribution in [3.63, 3.8) is 0 Å². The Morgan fingerprint density at radius 1 is 1.33 bits per heavy atom. The van der Waals surface area contributed by atoms with Crippen molar-refractivity contribution in [1.82, 2.24) is 0 Å². The third-order valence-corrected chi connectivity index (χ3v) is 4.05. The predicted molar refractivity (Wildman–Crippen MR) is 61.9 cm³/mol. The quantitative estimate of drug-likeness (QED) is 0.720. The minimum absolute atomic E-state index is 0.0871. The minimum Gasteiger partial charge on any atom is -0.466 e. The number of rotatable bonds is 4. The summed E-state index contributed by atoms with van der Waals surface area (Å²) in [4.78, 5) is 12.0. The Hall–Kier alpha value is -0.740. The Labute approximate surface area is 106 Å². The molecule has 1 aliphatic rings. The highest BCUT2D eigenvalue weighted by Crippen LogP contribution is 2.51. The van der Waals surface area contributed by atoms with Crippen LogP contribution in [0.15, 0.2) is 0 Å². The lowest BCUT2D eigenvalue weighted by Gasteiger charge is -2.25. The van der Waals surface area contributed by atoms with Gasteiger partial charge in [-0.15, -0.1) is 0 Å². The summed E-state index contributed by atoms with van der Waals surface area (Å²) in [7, 11) is 0. The first-order chi connectivity index (χ1) is 8.24. The normalized spacial score (nSPS) is 32.6. The molecular formula is C13H21F3O2. The van der Waals surface area contributed by atoms with E-state index in [1.807, 2.05) is 6.92 Å². The SMILES string of the molecule is CCOC(=O)C1(CC)C[C@@H](CC(F)(F)F)[C@@H](C)C1. The fraction of sp³-hybridized carbons (Fsp3) is 0.923. The lowest BCUT2D eigenvalue weighted by molar-refractivity contribution is -0.158. The maximum atomic E-state index is 12.5. The Morgan fingerprint density at radius 3 is 2.39 bits per heavy atom. The van der Waals surface area contributed by atoms with Crippen LogP contribution in [-0.2, 0) is 9.53 Å². The summed E-state index contributed by atoms with van der Waals surface area (Å²) < 4.78 is 42.4. The van der Waals surface area contributed by atoms with Crippen molar-refractivity contribution < 1.29 is 22.7 Å². The van der Waals surface area contributed by atoms with Crippen LogP contribution in [-0.4, -0.2) is 18.8 Å². The molecule has 0 bridgehead atoms. The van der Waals surface area contributed by atoms with Crippen LogP contribution in [0.25, 0.3) is 0 Å². The molecule has 106 valence electrons. The topological polar surface area (TPSA) is 26.3 Å². The van der Waals surface area contributed by atoms with Crippen molar-refractivity contribution >= 4 is 5.97 Å². The van der Waals surface area contributed by atoms with Gasteiger partial charge in [0.1, 0.15) is 0 Å². The molecule has 3 atom stereocenters. The predicted octanol–water partition coefficient (Wildman–Crippen LogP) is 3.94. The molecule has 0 aliphatic heterocycles. The molecule has 5 heteroatoms. The molecule has 0 aromatic rings. The molecule has 0 aromatic heterocycles. The van der Waals surface area contributed by atoms with Crippen molar-refractivity contribution in [2.45, 2.75) is 52.6 Å². The van der Waals surface area contributed by atoms with Crippen molar-refractivity contribution in [3.8, 4) is 0 Å². The largest absolute Gasteiger partial charge is 0.466 e.